The zero-order chi connectivity index (χ0) is 14.5. The van der Waals surface area contributed by atoms with Gasteiger partial charge in [-0.05, 0) is 24.5 Å². The summed E-state index contributed by atoms with van der Waals surface area (Å²) in [5.41, 5.74) is -1.11. The van der Waals surface area contributed by atoms with E-state index in [2.05, 4.69) is 0 Å². The van der Waals surface area contributed by atoms with Gasteiger partial charge in [-0.25, -0.2) is 0 Å². The van der Waals surface area contributed by atoms with Gasteiger partial charge in [0.15, 0.2) is 11.4 Å². The number of rotatable bonds is 7. The van der Waals surface area contributed by atoms with Crippen molar-refractivity contribution in [3.05, 3.63) is 11.6 Å². The minimum atomic E-state index is -1.66. The Morgan fingerprint density at radius 2 is 2.00 bits per heavy atom. The molecule has 3 atom stereocenters. The van der Waals surface area contributed by atoms with Crippen LogP contribution in [0.1, 0.15) is 58.8 Å². The quantitative estimate of drug-likeness (QED) is 0.658. The van der Waals surface area contributed by atoms with Gasteiger partial charge in [0.2, 0.25) is 0 Å². The Balaban J connectivity index is 2.76. The number of carbonyl (C=O) groups is 1. The van der Waals surface area contributed by atoms with Crippen molar-refractivity contribution in [2.45, 2.75) is 76.6 Å². The number of ketones is 1. The molecule has 1 rings (SSSR count). The molecule has 0 amide bonds. The monoisotopic (exact) mass is 270 g/mol. The number of hydrogen-bond acceptors (Lipinski definition) is 4. The largest absolute Gasteiger partial charge is 0.389 e. The summed E-state index contributed by atoms with van der Waals surface area (Å²) in [6.07, 6.45) is 3.99. The molecule has 0 bridgehead atoms. The summed E-state index contributed by atoms with van der Waals surface area (Å²) >= 11 is 0. The molecule has 110 valence electrons. The fourth-order valence-corrected chi connectivity index (χ4v) is 2.46. The van der Waals surface area contributed by atoms with Crippen molar-refractivity contribution in [3.8, 4) is 0 Å². The molecule has 4 heteroatoms. The topological polar surface area (TPSA) is 77.8 Å². The van der Waals surface area contributed by atoms with Gasteiger partial charge in [0.05, 0.1) is 12.2 Å². The lowest BCUT2D eigenvalue weighted by molar-refractivity contribution is -0.149. The van der Waals surface area contributed by atoms with Gasteiger partial charge >= 0.3 is 0 Å². The zero-order valence-corrected chi connectivity index (χ0v) is 11.9. The predicted octanol–water partition coefficient (Wildman–Crippen LogP) is 1.72. The standard InChI is InChI=1S/C15H26O4/c1-3-5-7-12(16)11-9-13(17)15(19,8-6-4-2)14(18)10-11/h9,12,14,16,18-19H,3-8,10H2,1-2H3/t12-,14-,15-/m0/s1. The summed E-state index contributed by atoms with van der Waals surface area (Å²) in [6.45, 7) is 4.00. The third kappa shape index (κ3) is 3.88. The predicted molar refractivity (Wildman–Crippen MR) is 73.7 cm³/mol. The summed E-state index contributed by atoms with van der Waals surface area (Å²) in [7, 11) is 0. The third-order valence-electron chi connectivity index (χ3n) is 3.89. The minimum absolute atomic E-state index is 0.177. The average molecular weight is 270 g/mol. The Kier molecular flexibility index (Phi) is 6.17. The Morgan fingerprint density at radius 1 is 1.37 bits per heavy atom. The van der Waals surface area contributed by atoms with Crippen LogP contribution in [0.5, 0.6) is 0 Å². The first-order valence-corrected chi connectivity index (χ1v) is 7.29. The highest BCUT2D eigenvalue weighted by Crippen LogP contribution is 2.32. The van der Waals surface area contributed by atoms with E-state index in [-0.39, 0.29) is 12.8 Å². The van der Waals surface area contributed by atoms with Crippen LogP contribution in [0.15, 0.2) is 11.6 Å². The maximum absolute atomic E-state index is 12.0. The van der Waals surface area contributed by atoms with Crippen LogP contribution in [0.4, 0.5) is 0 Å². The summed E-state index contributed by atoms with van der Waals surface area (Å²) in [5, 5.41) is 30.3. The van der Waals surface area contributed by atoms with E-state index in [1.54, 1.807) is 0 Å². The normalized spacial score (nSPS) is 29.2. The molecule has 0 fully saturated rings. The van der Waals surface area contributed by atoms with Crippen molar-refractivity contribution in [2.24, 2.45) is 0 Å². The molecule has 0 aromatic rings. The van der Waals surface area contributed by atoms with E-state index in [1.807, 2.05) is 13.8 Å². The summed E-state index contributed by atoms with van der Waals surface area (Å²) in [5.74, 6) is -0.467. The number of carbonyl (C=O) groups excluding carboxylic acids is 1. The number of unbranched alkanes of at least 4 members (excludes halogenated alkanes) is 2. The van der Waals surface area contributed by atoms with Gasteiger partial charge in [-0.15, -0.1) is 0 Å². The van der Waals surface area contributed by atoms with Crippen molar-refractivity contribution in [1.82, 2.24) is 0 Å². The summed E-state index contributed by atoms with van der Waals surface area (Å²) in [6, 6.07) is 0. The molecule has 0 unspecified atom stereocenters. The van der Waals surface area contributed by atoms with Crippen molar-refractivity contribution < 1.29 is 20.1 Å². The first-order valence-electron chi connectivity index (χ1n) is 7.29. The first kappa shape index (κ1) is 16.3. The van der Waals surface area contributed by atoms with Crippen LogP contribution < -0.4 is 0 Å². The fourth-order valence-electron chi connectivity index (χ4n) is 2.46. The minimum Gasteiger partial charge on any atom is -0.389 e. The summed E-state index contributed by atoms with van der Waals surface area (Å²) in [4.78, 5) is 12.0. The molecule has 0 spiro atoms. The number of aliphatic hydroxyl groups excluding tert-OH is 2. The zero-order valence-electron chi connectivity index (χ0n) is 11.9. The average Bonchev–Trinajstić information content (AvgIpc) is 2.39. The number of aliphatic hydroxyl groups is 3. The van der Waals surface area contributed by atoms with Crippen LogP contribution in [0.25, 0.3) is 0 Å². The van der Waals surface area contributed by atoms with Gasteiger partial charge in [0, 0.05) is 6.42 Å². The van der Waals surface area contributed by atoms with Crippen molar-refractivity contribution in [2.75, 3.05) is 0 Å². The first-order chi connectivity index (χ1) is 8.95. The second-order valence-electron chi connectivity index (χ2n) is 5.49. The van der Waals surface area contributed by atoms with Crippen LogP contribution in [-0.4, -0.2) is 38.9 Å². The molecule has 1 aliphatic rings. The van der Waals surface area contributed by atoms with Crippen LogP contribution in [0.3, 0.4) is 0 Å². The lowest BCUT2D eigenvalue weighted by Crippen LogP contribution is -2.52. The Hall–Kier alpha value is -0.710. The van der Waals surface area contributed by atoms with Gasteiger partial charge in [0.1, 0.15) is 0 Å². The lowest BCUT2D eigenvalue weighted by atomic mass is 9.77. The third-order valence-corrected chi connectivity index (χ3v) is 3.89. The molecule has 0 heterocycles. The second-order valence-corrected chi connectivity index (χ2v) is 5.49. The van der Waals surface area contributed by atoms with Crippen LogP contribution >= 0.6 is 0 Å². The second kappa shape index (κ2) is 7.17. The van der Waals surface area contributed by atoms with Crippen molar-refractivity contribution >= 4 is 5.78 Å². The van der Waals surface area contributed by atoms with E-state index in [9.17, 15) is 20.1 Å². The highest BCUT2D eigenvalue weighted by molar-refractivity contribution is 5.99. The molecule has 0 saturated heterocycles. The van der Waals surface area contributed by atoms with E-state index in [0.717, 1.165) is 19.3 Å². The summed E-state index contributed by atoms with van der Waals surface area (Å²) < 4.78 is 0. The molecule has 0 aromatic carbocycles. The van der Waals surface area contributed by atoms with Crippen LogP contribution in [-0.2, 0) is 4.79 Å². The van der Waals surface area contributed by atoms with Gasteiger partial charge in [-0.3, -0.25) is 4.79 Å². The molecule has 4 nitrogen and oxygen atoms in total. The van der Waals surface area contributed by atoms with Crippen LogP contribution in [0, 0.1) is 0 Å². The van der Waals surface area contributed by atoms with Gasteiger partial charge in [0.25, 0.3) is 0 Å². The fraction of sp³-hybridized carbons (Fsp3) is 0.800. The lowest BCUT2D eigenvalue weighted by Gasteiger charge is -2.35. The number of hydrogen-bond donors (Lipinski definition) is 3. The van der Waals surface area contributed by atoms with E-state index in [1.165, 1.54) is 6.08 Å². The SMILES string of the molecule is CCCC[C@H](O)C1=CC(=O)[C@@](O)(CCCC)[C@@H](O)C1. The van der Waals surface area contributed by atoms with Crippen molar-refractivity contribution in [3.63, 3.8) is 0 Å². The molecule has 0 radical (unpaired) electrons. The van der Waals surface area contributed by atoms with E-state index < -0.39 is 23.6 Å². The molecule has 0 saturated carbocycles. The highest BCUT2D eigenvalue weighted by Gasteiger charge is 2.45. The van der Waals surface area contributed by atoms with Gasteiger partial charge in [-0.1, -0.05) is 39.5 Å². The van der Waals surface area contributed by atoms with E-state index in [0.29, 0.717) is 18.4 Å². The molecular formula is C15H26O4. The highest BCUT2D eigenvalue weighted by atomic mass is 16.3. The Labute approximate surface area is 115 Å². The molecule has 0 aromatic heterocycles. The molecular weight excluding hydrogens is 244 g/mol. The Morgan fingerprint density at radius 3 is 2.53 bits per heavy atom. The van der Waals surface area contributed by atoms with Gasteiger partial charge in [-0.2, -0.15) is 0 Å². The van der Waals surface area contributed by atoms with E-state index >= 15 is 0 Å². The smallest absolute Gasteiger partial charge is 0.189 e. The van der Waals surface area contributed by atoms with Crippen molar-refractivity contribution in [1.29, 1.82) is 0 Å². The molecule has 19 heavy (non-hydrogen) atoms. The Bertz CT molecular complexity index is 337. The molecule has 1 aliphatic carbocycles. The maximum atomic E-state index is 12.0. The van der Waals surface area contributed by atoms with Gasteiger partial charge < -0.3 is 15.3 Å². The van der Waals surface area contributed by atoms with E-state index in [4.69, 9.17) is 0 Å². The maximum Gasteiger partial charge on any atom is 0.189 e. The molecule has 3 N–H and O–H groups in total. The van der Waals surface area contributed by atoms with Crippen LogP contribution in [0.2, 0.25) is 0 Å². The molecule has 0 aliphatic heterocycles.